The number of ketones is 2. The van der Waals surface area contributed by atoms with E-state index in [9.17, 15) is 56.5 Å². The predicted octanol–water partition coefficient (Wildman–Crippen LogP) is 18.1. The van der Waals surface area contributed by atoms with Crippen LogP contribution in [0.1, 0.15) is 111 Å². The summed E-state index contributed by atoms with van der Waals surface area (Å²) < 4.78 is 71.7. The summed E-state index contributed by atoms with van der Waals surface area (Å²) in [5, 5.41) is 27.7. The minimum Gasteiger partial charge on any atom is -0.479 e. The number of para-hydroxylation sites is 4. The Kier molecular flexibility index (Phi) is 35.3. The lowest BCUT2D eigenvalue weighted by Gasteiger charge is -2.51. The third-order valence-electron chi connectivity index (χ3n) is 21.7. The molecule has 6 bridgehead atoms. The summed E-state index contributed by atoms with van der Waals surface area (Å²) in [4.78, 5) is 77.2. The summed E-state index contributed by atoms with van der Waals surface area (Å²) in [7, 11) is 0. The number of benzene rings is 10. The van der Waals surface area contributed by atoms with Crippen LogP contribution < -0.4 is 21.7 Å². The van der Waals surface area contributed by atoms with E-state index in [0.29, 0.717) is 58.2 Å². The molecule has 9 aliphatic heterocycles. The van der Waals surface area contributed by atoms with Crippen LogP contribution in [0.15, 0.2) is 279 Å². The lowest BCUT2D eigenvalue weighted by atomic mass is 9.82. The van der Waals surface area contributed by atoms with Crippen LogP contribution >= 0.6 is 31.9 Å². The topological polar surface area (TPSA) is 239 Å². The first-order valence-electron chi connectivity index (χ1n) is 40.1. The van der Waals surface area contributed by atoms with Gasteiger partial charge >= 0.3 is 23.9 Å². The lowest BCUT2D eigenvalue weighted by molar-refractivity contribution is -0.938. The minimum absolute atomic E-state index is 0.00694. The van der Waals surface area contributed by atoms with Crippen LogP contribution in [-0.2, 0) is 33.4 Å². The zero-order valence-electron chi connectivity index (χ0n) is 66.3. The van der Waals surface area contributed by atoms with Crippen molar-refractivity contribution in [3.63, 3.8) is 0 Å². The van der Waals surface area contributed by atoms with E-state index in [0.717, 1.165) is 87.2 Å². The Bertz CT molecular complexity index is 4790. The van der Waals surface area contributed by atoms with E-state index in [2.05, 4.69) is 57.6 Å². The average Bonchev–Trinajstić information content (AvgIpc) is 0.768. The maximum absolute atomic E-state index is 14.4. The summed E-state index contributed by atoms with van der Waals surface area (Å²) in [6.07, 6.45) is 6.12. The van der Waals surface area contributed by atoms with Gasteiger partial charge in [-0.15, -0.1) is 0 Å². The number of halogens is 6. The molecular formula is C95H102Br2F4N7O11+. The Balaban J connectivity index is 0.000000156. The Morgan fingerprint density at radius 3 is 1.15 bits per heavy atom. The molecule has 9 fully saturated rings. The van der Waals surface area contributed by atoms with Crippen LogP contribution in [0, 0.1) is 41.0 Å². The van der Waals surface area contributed by atoms with Crippen LogP contribution in [0.2, 0.25) is 0 Å². The number of nitrogens with zero attached hydrogens (tertiary/aromatic N) is 3. The highest BCUT2D eigenvalue weighted by molar-refractivity contribution is 9.09. The fraction of sp³-hybridized carbons (Fsp3) is 0.305. The molecule has 24 heteroatoms. The fourth-order valence-electron chi connectivity index (χ4n) is 15.1. The second kappa shape index (κ2) is 46.5. The average molecular weight is 1750 g/mol. The first-order chi connectivity index (χ1) is 57.7. The molecule has 9 heterocycles. The number of alkyl halides is 2. The number of nitrogen functional groups attached to an aromatic ring is 1. The second-order valence-electron chi connectivity index (χ2n) is 29.8. The molecule has 0 amide bonds. The van der Waals surface area contributed by atoms with Gasteiger partial charge in [0.2, 0.25) is 5.78 Å². The van der Waals surface area contributed by atoms with Gasteiger partial charge in [0.05, 0.1) is 53.9 Å². The van der Waals surface area contributed by atoms with Gasteiger partial charge in [0.25, 0.3) is 0 Å². The van der Waals surface area contributed by atoms with Crippen molar-refractivity contribution in [1.82, 2.24) is 9.80 Å². The standard InChI is InChI=1S/C29H30FN2O3.C21H23FN2O2.C14H12FNO2.C10H11BrO2.C8H7BrO.C7H13NO.C6H6FN/c30-24-13-7-8-14-25(24)31-28(23-11-5-2-6-12-23)29(34)35-27-20-32(17-15-22(27)16-18-32)19-26(33)21-9-3-1-4-10-21;22-17-8-4-5-9-18(17)23-20(16-6-2-1-3-7-16)21(25)26-19-14-24-12-10-15(19)11-13-24;15-11-8-4-5-9-12(11)16-13(14(17)18)10-6-2-1-3-7-10;1-2-13-10(12)9(11)8-6-4-3-5-7-8;9-6-8(10)7-4-2-1-3-5-7;9-7-5-8-3-1-6(7)2-4-8;7-5-3-1-2-4-6(5)8/h1-14,22,27-28,31H,15-20H2;1-9,15,19-20,23H,10-14H2;1-9,13,16H,(H,17,18);3-7,9H,2H2,1H3;1-5H,6H2;6-7,9H,1-5H2;1-4H,8H2/q+1;;;;;;/t22?,27-,28?,32?;19-,20?;;;;7-;/m00...0./s1. The summed E-state index contributed by atoms with van der Waals surface area (Å²) in [6.45, 7) is 11.5. The van der Waals surface area contributed by atoms with Gasteiger partial charge in [-0.2, -0.15) is 0 Å². The molecule has 19 rings (SSSR count). The molecule has 7 atom stereocenters. The first-order valence-corrected chi connectivity index (χ1v) is 42.1. The number of hydrogen-bond donors (Lipinski definition) is 6. The quantitative estimate of drug-likeness (QED) is 0.00703. The number of carbonyl (C=O) groups excluding carboxylic acids is 5. The van der Waals surface area contributed by atoms with Crippen molar-refractivity contribution in [2.75, 3.05) is 99.1 Å². The van der Waals surface area contributed by atoms with Crippen molar-refractivity contribution in [3.05, 3.63) is 336 Å². The van der Waals surface area contributed by atoms with Crippen molar-refractivity contribution < 1.29 is 75.2 Å². The lowest BCUT2D eigenvalue weighted by Crippen LogP contribution is -2.65. The zero-order chi connectivity index (χ0) is 84.5. The van der Waals surface area contributed by atoms with Gasteiger partial charge in [0.1, 0.15) is 47.3 Å². The number of aliphatic hydroxyl groups is 1. The molecule has 7 N–H and O–H groups in total. The van der Waals surface area contributed by atoms with E-state index in [4.69, 9.17) is 19.9 Å². The summed E-state index contributed by atoms with van der Waals surface area (Å²) in [6, 6.07) is 77.6. The number of Topliss-reactive ketones (excluding diaryl/α,β-unsaturated/α-hetero) is 2. The minimum atomic E-state index is -1.05. The van der Waals surface area contributed by atoms with Gasteiger partial charge in [-0.3, -0.25) is 19.3 Å². The van der Waals surface area contributed by atoms with Crippen LogP contribution in [0.3, 0.4) is 0 Å². The SMILES string of the molecule is CCOC(=O)C(Br)c1ccccc1.Nc1ccccc1F.O=C(CBr)c1ccccc1.O=C(C[N+]12CCC(CC1)[C@@H](OC(=O)C(Nc1ccccc1F)c1ccccc1)C2)c1ccccc1.O=C(O)C(Nc1ccccc1F)c1ccccc1.O=C(O[C@H]1CN2CCC1CC2)C(Nc1ccccc1F)c1ccccc1.O[C@H]1CN2CCC1CC2. The van der Waals surface area contributed by atoms with Gasteiger partial charge in [-0.1, -0.05) is 262 Å². The molecule has 4 unspecified atom stereocenters. The Hall–Kier alpha value is -10.9. The molecule has 0 radical (unpaired) electrons. The van der Waals surface area contributed by atoms with Crippen molar-refractivity contribution >= 4 is 90.1 Å². The summed E-state index contributed by atoms with van der Waals surface area (Å²) in [5.74, 6) is -2.09. The molecule has 0 aromatic heterocycles. The second-order valence-corrected chi connectivity index (χ2v) is 31.2. The molecule has 0 aliphatic carbocycles. The number of rotatable bonds is 22. The van der Waals surface area contributed by atoms with Crippen LogP contribution in [-0.4, -0.2) is 156 Å². The van der Waals surface area contributed by atoms with Gasteiger partial charge in [-0.25, -0.2) is 31.9 Å². The van der Waals surface area contributed by atoms with Crippen LogP contribution in [0.4, 0.5) is 40.3 Å². The molecule has 9 aliphatic rings. The van der Waals surface area contributed by atoms with Gasteiger partial charge in [0.15, 0.2) is 30.0 Å². The third-order valence-corrected chi connectivity index (χ3v) is 23.1. The summed E-state index contributed by atoms with van der Waals surface area (Å²) in [5.41, 5.74) is 10.5. The van der Waals surface area contributed by atoms with E-state index in [-0.39, 0.29) is 81.3 Å². The van der Waals surface area contributed by atoms with Crippen molar-refractivity contribution in [2.45, 2.75) is 86.7 Å². The number of ether oxygens (including phenoxy) is 3. The maximum Gasteiger partial charge on any atom is 0.333 e. The molecule has 10 aromatic rings. The normalized spacial score (nSPS) is 20.9. The molecule has 9 saturated heterocycles. The van der Waals surface area contributed by atoms with Crippen molar-refractivity contribution in [3.8, 4) is 0 Å². The van der Waals surface area contributed by atoms with E-state index >= 15 is 0 Å². The maximum atomic E-state index is 14.4. The van der Waals surface area contributed by atoms with E-state index in [1.54, 1.807) is 97.9 Å². The molecule has 10 aromatic carbocycles. The monoisotopic (exact) mass is 1750 g/mol. The van der Waals surface area contributed by atoms with Crippen molar-refractivity contribution in [1.29, 1.82) is 0 Å². The number of carboxylic acids is 1. The highest BCUT2D eigenvalue weighted by atomic mass is 79.9. The number of quaternary nitrogens is 1. The predicted molar refractivity (Wildman–Crippen MR) is 463 cm³/mol. The number of nitrogens with one attached hydrogen (secondary N) is 3. The number of esters is 3. The number of aliphatic hydroxyl groups excluding tert-OH is 1. The number of nitrogens with two attached hydrogens (primary N) is 1. The number of aliphatic carboxylic acids is 1. The Morgan fingerprint density at radius 2 is 0.798 bits per heavy atom. The largest absolute Gasteiger partial charge is 0.479 e. The molecule has 624 valence electrons. The number of carbonyl (C=O) groups is 6. The third kappa shape index (κ3) is 27.3. The molecule has 0 spiro atoms. The zero-order valence-corrected chi connectivity index (χ0v) is 69.5. The number of anilines is 4. The highest BCUT2D eigenvalue weighted by Crippen LogP contribution is 2.38. The van der Waals surface area contributed by atoms with Crippen LogP contribution in [0.5, 0.6) is 0 Å². The first kappa shape index (κ1) is 90.5. The fourth-order valence-corrected chi connectivity index (χ4v) is 15.9. The number of piperidine rings is 9. The van der Waals surface area contributed by atoms with E-state index in [1.807, 2.05) is 152 Å². The number of carboxylic acid groups (broad SMARTS) is 1. The van der Waals surface area contributed by atoms with Gasteiger partial charge < -0.3 is 55.5 Å². The Labute approximate surface area is 709 Å². The van der Waals surface area contributed by atoms with Crippen molar-refractivity contribution in [2.24, 2.45) is 17.8 Å². The molecule has 0 saturated carbocycles. The number of fused-ring (bicyclic) bond motifs is 9. The summed E-state index contributed by atoms with van der Waals surface area (Å²) >= 11 is 6.38. The van der Waals surface area contributed by atoms with Gasteiger partial charge in [0, 0.05) is 43.0 Å². The number of hydrogen-bond acceptors (Lipinski definition) is 16. The van der Waals surface area contributed by atoms with Gasteiger partial charge in [-0.05, 0) is 141 Å². The smallest absolute Gasteiger partial charge is 0.333 e. The highest BCUT2D eigenvalue weighted by Gasteiger charge is 2.49. The van der Waals surface area contributed by atoms with E-state index in [1.165, 1.54) is 62.3 Å². The molecule has 119 heavy (non-hydrogen) atoms. The molecule has 18 nitrogen and oxygen atoms in total. The Morgan fingerprint density at radius 1 is 0.445 bits per heavy atom. The molecular weight excluding hydrogens is 1650 g/mol. The van der Waals surface area contributed by atoms with Crippen LogP contribution in [0.25, 0.3) is 0 Å². The van der Waals surface area contributed by atoms with E-state index < -0.39 is 41.7 Å².